The zero-order valence-corrected chi connectivity index (χ0v) is 14.4. The van der Waals surface area contributed by atoms with Gasteiger partial charge in [-0.15, -0.1) is 0 Å². The molecular weight excluding hydrogens is 365 g/mol. The quantitative estimate of drug-likeness (QED) is 0.768. The van der Waals surface area contributed by atoms with Crippen LogP contribution in [0.4, 0.5) is 30.8 Å². The van der Waals surface area contributed by atoms with Crippen molar-refractivity contribution in [2.45, 2.75) is 37.4 Å². The molecule has 1 aliphatic carbocycles. The molecule has 27 heavy (non-hydrogen) atoms. The summed E-state index contributed by atoms with van der Waals surface area (Å²) < 4.78 is 45.7. The average Bonchev–Trinajstić information content (AvgIpc) is 3.25. The van der Waals surface area contributed by atoms with Gasteiger partial charge < -0.3 is 15.4 Å². The zero-order valence-electron chi connectivity index (χ0n) is 14.4. The summed E-state index contributed by atoms with van der Waals surface area (Å²) in [6, 6.07) is 1.90. The fourth-order valence-electron chi connectivity index (χ4n) is 2.99. The third-order valence-corrected chi connectivity index (χ3v) is 4.51. The minimum absolute atomic E-state index is 0.00898. The Bertz CT molecular complexity index is 878. The van der Waals surface area contributed by atoms with E-state index in [1.54, 1.807) is 10.7 Å². The fourth-order valence-corrected chi connectivity index (χ4v) is 2.99. The number of nitrogens with zero attached hydrogens (tertiary/aromatic N) is 4. The highest BCUT2D eigenvalue weighted by Crippen LogP contribution is 2.39. The first kappa shape index (κ1) is 17.6. The lowest BCUT2D eigenvalue weighted by Gasteiger charge is -2.13. The van der Waals surface area contributed by atoms with Crippen molar-refractivity contribution < 1.29 is 22.7 Å². The smallest absolute Gasteiger partial charge is 0.421 e. The molecule has 11 heteroatoms. The number of carbonyl (C=O) groups excluding carboxylic acids is 1. The molecule has 1 unspecified atom stereocenters. The van der Waals surface area contributed by atoms with Gasteiger partial charge in [0.05, 0.1) is 18.3 Å². The summed E-state index contributed by atoms with van der Waals surface area (Å²) in [6.07, 6.45) is -1.38. The van der Waals surface area contributed by atoms with Crippen LogP contribution < -0.4 is 10.6 Å². The summed E-state index contributed by atoms with van der Waals surface area (Å²) in [5.74, 6) is -0.516. The van der Waals surface area contributed by atoms with Crippen molar-refractivity contribution in [1.82, 2.24) is 19.7 Å². The van der Waals surface area contributed by atoms with E-state index >= 15 is 0 Å². The standard InChI is InChI=1S/C16H17F3N6O2/c1-20-13-10(16(17,18)19)7-21-15(23-13)22-12-6-11(9-4-5-27-14(9)26)24-25(12)8-2-3-8/h6-9H,2-5H2,1H3,(H2,20,21,22,23). The molecule has 0 radical (unpaired) electrons. The summed E-state index contributed by atoms with van der Waals surface area (Å²) in [4.78, 5) is 19.5. The largest absolute Gasteiger partial charge is 0.465 e. The lowest BCUT2D eigenvalue weighted by Crippen LogP contribution is -2.13. The minimum atomic E-state index is -4.55. The van der Waals surface area contributed by atoms with Crippen molar-refractivity contribution in [3.8, 4) is 0 Å². The van der Waals surface area contributed by atoms with E-state index in [1.165, 1.54) is 7.05 Å². The molecule has 2 fully saturated rings. The van der Waals surface area contributed by atoms with Gasteiger partial charge in [-0.2, -0.15) is 23.3 Å². The van der Waals surface area contributed by atoms with Crippen LogP contribution in [-0.2, 0) is 15.7 Å². The maximum absolute atomic E-state index is 13.0. The number of hydrogen-bond donors (Lipinski definition) is 2. The van der Waals surface area contributed by atoms with Crippen LogP contribution in [0.2, 0.25) is 0 Å². The summed E-state index contributed by atoms with van der Waals surface area (Å²) in [5, 5.41) is 9.87. The van der Waals surface area contributed by atoms with Crippen molar-refractivity contribution in [2.75, 3.05) is 24.3 Å². The predicted molar refractivity (Wildman–Crippen MR) is 88.7 cm³/mol. The number of anilines is 3. The Balaban J connectivity index is 1.64. The molecule has 0 aromatic carbocycles. The van der Waals surface area contributed by atoms with Crippen LogP contribution >= 0.6 is 0 Å². The van der Waals surface area contributed by atoms with Gasteiger partial charge in [0, 0.05) is 25.7 Å². The highest BCUT2D eigenvalue weighted by Gasteiger charge is 2.36. The molecule has 2 aliphatic rings. The van der Waals surface area contributed by atoms with Crippen molar-refractivity contribution in [3.05, 3.63) is 23.5 Å². The minimum Gasteiger partial charge on any atom is -0.465 e. The Kier molecular flexibility index (Phi) is 4.16. The lowest BCUT2D eigenvalue weighted by molar-refractivity contribution is -0.139. The highest BCUT2D eigenvalue weighted by molar-refractivity contribution is 5.79. The van der Waals surface area contributed by atoms with Gasteiger partial charge in [-0.1, -0.05) is 0 Å². The molecular formula is C16H17F3N6O2. The van der Waals surface area contributed by atoms with Crippen molar-refractivity contribution in [3.63, 3.8) is 0 Å². The van der Waals surface area contributed by atoms with Gasteiger partial charge in [0.15, 0.2) is 0 Å². The van der Waals surface area contributed by atoms with E-state index in [1.807, 2.05) is 0 Å². The number of halogens is 3. The summed E-state index contributed by atoms with van der Waals surface area (Å²) in [6.45, 7) is 0.357. The second-order valence-corrected chi connectivity index (χ2v) is 6.47. The first-order valence-electron chi connectivity index (χ1n) is 8.52. The molecule has 0 bridgehead atoms. The topological polar surface area (TPSA) is 94.0 Å². The van der Waals surface area contributed by atoms with Gasteiger partial charge in [0.25, 0.3) is 0 Å². The van der Waals surface area contributed by atoms with E-state index in [-0.39, 0.29) is 23.8 Å². The SMILES string of the molecule is CNc1nc(Nc2cc(C3CCOC3=O)nn2C2CC2)ncc1C(F)(F)F. The van der Waals surface area contributed by atoms with Crippen molar-refractivity contribution >= 4 is 23.6 Å². The maximum Gasteiger partial charge on any atom is 0.421 e. The molecule has 4 rings (SSSR count). The number of hydrogen-bond acceptors (Lipinski definition) is 7. The lowest BCUT2D eigenvalue weighted by atomic mass is 10.1. The number of rotatable bonds is 5. The summed E-state index contributed by atoms with van der Waals surface area (Å²) in [5.41, 5.74) is -0.367. The zero-order chi connectivity index (χ0) is 19.2. The number of carbonyl (C=O) groups is 1. The predicted octanol–water partition coefficient (Wildman–Crippen LogP) is 2.84. The molecule has 3 heterocycles. The molecule has 1 saturated carbocycles. The average molecular weight is 382 g/mol. The van der Waals surface area contributed by atoms with Crippen LogP contribution in [0, 0.1) is 0 Å². The van der Waals surface area contributed by atoms with Gasteiger partial charge in [0.1, 0.15) is 23.1 Å². The second-order valence-electron chi connectivity index (χ2n) is 6.47. The Labute approximate surface area is 152 Å². The molecule has 1 aliphatic heterocycles. The van der Waals surface area contributed by atoms with Crippen LogP contribution in [0.25, 0.3) is 0 Å². The molecule has 0 amide bonds. The van der Waals surface area contributed by atoms with Crippen molar-refractivity contribution in [2.24, 2.45) is 0 Å². The van der Waals surface area contributed by atoms with E-state index < -0.39 is 17.7 Å². The first-order valence-corrected chi connectivity index (χ1v) is 8.52. The highest BCUT2D eigenvalue weighted by atomic mass is 19.4. The van der Waals surface area contributed by atoms with Gasteiger partial charge in [-0.25, -0.2) is 9.67 Å². The van der Waals surface area contributed by atoms with Crippen LogP contribution in [0.1, 0.15) is 42.5 Å². The molecule has 8 nitrogen and oxygen atoms in total. The van der Waals surface area contributed by atoms with Crippen LogP contribution in [-0.4, -0.2) is 39.4 Å². The number of alkyl halides is 3. The molecule has 2 aromatic rings. The number of ether oxygens (including phenoxy) is 1. The molecule has 144 valence electrons. The normalized spacial score (nSPS) is 19.9. The third-order valence-electron chi connectivity index (χ3n) is 4.51. The molecule has 1 atom stereocenters. The Morgan fingerprint density at radius 3 is 2.67 bits per heavy atom. The monoisotopic (exact) mass is 382 g/mol. The van der Waals surface area contributed by atoms with Gasteiger partial charge in [0.2, 0.25) is 5.95 Å². The number of cyclic esters (lactones) is 1. The first-order chi connectivity index (χ1) is 12.9. The molecule has 0 spiro atoms. The third kappa shape index (κ3) is 3.40. The van der Waals surface area contributed by atoms with E-state index in [2.05, 4.69) is 25.7 Å². The van der Waals surface area contributed by atoms with E-state index in [0.717, 1.165) is 19.0 Å². The number of esters is 1. The maximum atomic E-state index is 13.0. The Morgan fingerprint density at radius 2 is 2.07 bits per heavy atom. The van der Waals surface area contributed by atoms with E-state index in [4.69, 9.17) is 4.74 Å². The number of aromatic nitrogens is 4. The van der Waals surface area contributed by atoms with Crippen LogP contribution in [0.15, 0.2) is 12.3 Å². The number of nitrogens with one attached hydrogen (secondary N) is 2. The molecule has 2 N–H and O–H groups in total. The molecule has 2 aromatic heterocycles. The molecule has 1 saturated heterocycles. The van der Waals surface area contributed by atoms with Gasteiger partial charge >= 0.3 is 12.1 Å². The van der Waals surface area contributed by atoms with Gasteiger partial charge in [-0.05, 0) is 12.8 Å². The van der Waals surface area contributed by atoms with Crippen molar-refractivity contribution in [1.29, 1.82) is 0 Å². The van der Waals surface area contributed by atoms with Gasteiger partial charge in [-0.3, -0.25) is 4.79 Å². The summed E-state index contributed by atoms with van der Waals surface area (Å²) >= 11 is 0. The Morgan fingerprint density at radius 1 is 1.30 bits per heavy atom. The second kappa shape index (κ2) is 6.39. The van der Waals surface area contributed by atoms with E-state index in [9.17, 15) is 18.0 Å². The van der Waals surface area contributed by atoms with Crippen LogP contribution in [0.5, 0.6) is 0 Å². The fraction of sp³-hybridized carbons (Fsp3) is 0.500. The van der Waals surface area contributed by atoms with Crippen LogP contribution in [0.3, 0.4) is 0 Å². The Hall–Kier alpha value is -2.85. The summed E-state index contributed by atoms with van der Waals surface area (Å²) in [7, 11) is 1.36. The van der Waals surface area contributed by atoms with E-state index in [0.29, 0.717) is 24.5 Å².